The molecule has 1 aromatic heterocycles. The summed E-state index contributed by atoms with van der Waals surface area (Å²) in [6.45, 7) is 0. The third-order valence-electron chi connectivity index (χ3n) is 3.22. The number of rotatable bonds is 3. The first kappa shape index (κ1) is 12.2. The van der Waals surface area contributed by atoms with Crippen molar-refractivity contribution >= 4 is 23.5 Å². The summed E-state index contributed by atoms with van der Waals surface area (Å²) in [6.07, 6.45) is 1.96. The van der Waals surface area contributed by atoms with Crippen LogP contribution in [0.5, 0.6) is 0 Å². The second-order valence-corrected chi connectivity index (χ2v) is 4.86. The summed E-state index contributed by atoms with van der Waals surface area (Å²) in [4.78, 5) is 12.3. The third kappa shape index (κ3) is 2.61. The molecule has 0 fully saturated rings. The minimum Gasteiger partial charge on any atom is -0.357 e. The summed E-state index contributed by atoms with van der Waals surface area (Å²) >= 11 is 5.86. The normalized spacial score (nSPS) is 14.2. The van der Waals surface area contributed by atoms with E-state index < -0.39 is 0 Å². The largest absolute Gasteiger partial charge is 0.357 e. The van der Waals surface area contributed by atoms with Gasteiger partial charge >= 0.3 is 0 Å². The molecule has 98 valence electrons. The lowest BCUT2D eigenvalue weighted by atomic mass is 10.1. The molecule has 0 spiro atoms. The number of benzene rings is 1. The van der Waals surface area contributed by atoms with Crippen LogP contribution in [0, 0.1) is 0 Å². The number of fused-ring (bicyclic) bond motifs is 1. The fourth-order valence-electron chi connectivity index (χ4n) is 2.37. The van der Waals surface area contributed by atoms with Crippen molar-refractivity contribution in [1.82, 2.24) is 15.0 Å². The summed E-state index contributed by atoms with van der Waals surface area (Å²) in [7, 11) is 1.75. The third-order valence-corrected chi connectivity index (χ3v) is 3.38. The van der Waals surface area contributed by atoms with Crippen LogP contribution < -0.4 is 10.6 Å². The second-order valence-electron chi connectivity index (χ2n) is 4.52. The van der Waals surface area contributed by atoms with Crippen molar-refractivity contribution in [3.63, 3.8) is 0 Å². The maximum Gasteiger partial charge on any atom is 0.229 e. The molecule has 0 saturated heterocycles. The molecule has 0 atom stereocenters. The Labute approximate surface area is 116 Å². The standard InChI is InChI=1S/C13H14ClN5/c1-15-12-17-11(14)18-13(19-12)16-10-6-8-4-2-3-5-9(8)7-10/h2-5,10H,6-7H2,1H3,(H2,15,16,17,18,19). The van der Waals surface area contributed by atoms with E-state index in [9.17, 15) is 0 Å². The van der Waals surface area contributed by atoms with Gasteiger partial charge in [-0.2, -0.15) is 15.0 Å². The lowest BCUT2D eigenvalue weighted by molar-refractivity contribution is 0.759. The van der Waals surface area contributed by atoms with Crippen LogP contribution in [0.2, 0.25) is 5.28 Å². The Bertz CT molecular complexity index is 576. The lowest BCUT2D eigenvalue weighted by Crippen LogP contribution is -2.21. The number of hydrogen-bond acceptors (Lipinski definition) is 5. The van der Waals surface area contributed by atoms with Crippen molar-refractivity contribution in [2.75, 3.05) is 17.7 Å². The van der Waals surface area contributed by atoms with Crippen molar-refractivity contribution in [3.8, 4) is 0 Å². The fraction of sp³-hybridized carbons (Fsp3) is 0.308. The highest BCUT2D eigenvalue weighted by atomic mass is 35.5. The number of aromatic nitrogens is 3. The first-order valence-electron chi connectivity index (χ1n) is 6.17. The number of anilines is 2. The summed E-state index contributed by atoms with van der Waals surface area (Å²) in [5, 5.41) is 6.37. The number of nitrogens with one attached hydrogen (secondary N) is 2. The maximum absolute atomic E-state index is 5.86. The Morgan fingerprint density at radius 1 is 1.05 bits per heavy atom. The highest BCUT2D eigenvalue weighted by molar-refractivity contribution is 6.28. The van der Waals surface area contributed by atoms with Gasteiger partial charge in [0.25, 0.3) is 0 Å². The van der Waals surface area contributed by atoms with Gasteiger partial charge in [-0.3, -0.25) is 0 Å². The molecule has 6 heteroatoms. The first-order chi connectivity index (χ1) is 9.24. The van der Waals surface area contributed by atoms with Gasteiger partial charge in [-0.25, -0.2) is 0 Å². The van der Waals surface area contributed by atoms with Gasteiger partial charge < -0.3 is 10.6 Å². The van der Waals surface area contributed by atoms with Crippen LogP contribution in [0.4, 0.5) is 11.9 Å². The van der Waals surface area contributed by atoms with Crippen molar-refractivity contribution < 1.29 is 0 Å². The van der Waals surface area contributed by atoms with Crippen molar-refractivity contribution in [3.05, 3.63) is 40.7 Å². The molecule has 0 aliphatic heterocycles. The predicted molar refractivity (Wildman–Crippen MR) is 75.6 cm³/mol. The number of nitrogens with zero attached hydrogens (tertiary/aromatic N) is 3. The van der Waals surface area contributed by atoms with Crippen LogP contribution in [0.3, 0.4) is 0 Å². The zero-order valence-corrected chi connectivity index (χ0v) is 11.3. The summed E-state index contributed by atoms with van der Waals surface area (Å²) in [5.41, 5.74) is 2.77. The zero-order valence-electron chi connectivity index (χ0n) is 10.5. The molecule has 1 aliphatic carbocycles. The Balaban J connectivity index is 1.75. The predicted octanol–water partition coefficient (Wildman–Crippen LogP) is 2.15. The quantitative estimate of drug-likeness (QED) is 0.899. The lowest BCUT2D eigenvalue weighted by Gasteiger charge is -2.12. The summed E-state index contributed by atoms with van der Waals surface area (Å²) in [5.74, 6) is 0.986. The molecule has 0 bridgehead atoms. The van der Waals surface area contributed by atoms with Gasteiger partial charge in [0, 0.05) is 13.1 Å². The average Bonchev–Trinajstić information content (AvgIpc) is 2.80. The Morgan fingerprint density at radius 3 is 2.32 bits per heavy atom. The molecule has 2 aromatic rings. The Morgan fingerprint density at radius 2 is 1.68 bits per heavy atom. The second kappa shape index (κ2) is 5.01. The topological polar surface area (TPSA) is 62.7 Å². The molecular formula is C13H14ClN5. The highest BCUT2D eigenvalue weighted by Gasteiger charge is 2.21. The van der Waals surface area contributed by atoms with E-state index >= 15 is 0 Å². The molecule has 0 radical (unpaired) electrons. The molecule has 0 amide bonds. The minimum atomic E-state index is 0.192. The monoisotopic (exact) mass is 275 g/mol. The van der Waals surface area contributed by atoms with Crippen LogP contribution in [0.1, 0.15) is 11.1 Å². The van der Waals surface area contributed by atoms with Crippen LogP contribution >= 0.6 is 11.6 Å². The number of hydrogen-bond donors (Lipinski definition) is 2. The van der Waals surface area contributed by atoms with E-state index in [-0.39, 0.29) is 5.28 Å². The molecule has 2 N–H and O–H groups in total. The van der Waals surface area contributed by atoms with Gasteiger partial charge in [0.2, 0.25) is 17.2 Å². The van der Waals surface area contributed by atoms with Gasteiger partial charge in [0.1, 0.15) is 0 Å². The first-order valence-corrected chi connectivity index (χ1v) is 6.55. The summed E-state index contributed by atoms with van der Waals surface area (Å²) in [6, 6.07) is 8.77. The highest BCUT2D eigenvalue weighted by Crippen LogP contribution is 2.23. The van der Waals surface area contributed by atoms with E-state index in [0.29, 0.717) is 17.9 Å². The van der Waals surface area contributed by atoms with Crippen molar-refractivity contribution in [2.45, 2.75) is 18.9 Å². The van der Waals surface area contributed by atoms with E-state index in [2.05, 4.69) is 49.9 Å². The molecule has 5 nitrogen and oxygen atoms in total. The SMILES string of the molecule is CNc1nc(Cl)nc(NC2Cc3ccccc3C2)n1. The van der Waals surface area contributed by atoms with Crippen LogP contribution in [0.15, 0.2) is 24.3 Å². The molecule has 19 heavy (non-hydrogen) atoms. The molecular weight excluding hydrogens is 262 g/mol. The zero-order chi connectivity index (χ0) is 13.2. The Kier molecular flexibility index (Phi) is 3.21. The van der Waals surface area contributed by atoms with E-state index in [1.165, 1.54) is 11.1 Å². The van der Waals surface area contributed by atoms with E-state index in [1.807, 2.05) is 0 Å². The van der Waals surface area contributed by atoms with Crippen molar-refractivity contribution in [2.24, 2.45) is 0 Å². The average molecular weight is 276 g/mol. The van der Waals surface area contributed by atoms with Crippen molar-refractivity contribution in [1.29, 1.82) is 0 Å². The maximum atomic E-state index is 5.86. The molecule has 0 saturated carbocycles. The van der Waals surface area contributed by atoms with Gasteiger partial charge in [-0.05, 0) is 35.6 Å². The molecule has 1 heterocycles. The minimum absolute atomic E-state index is 0.192. The Hall–Kier alpha value is -1.88. The molecule has 1 aromatic carbocycles. The van der Waals surface area contributed by atoms with Gasteiger partial charge in [0.15, 0.2) is 0 Å². The molecule has 1 aliphatic rings. The summed E-state index contributed by atoms with van der Waals surface area (Å²) < 4.78 is 0. The van der Waals surface area contributed by atoms with Gasteiger partial charge in [-0.1, -0.05) is 24.3 Å². The van der Waals surface area contributed by atoms with Crippen LogP contribution in [0.25, 0.3) is 0 Å². The van der Waals surface area contributed by atoms with E-state index in [0.717, 1.165) is 12.8 Å². The number of halogens is 1. The molecule has 0 unspecified atom stereocenters. The van der Waals surface area contributed by atoms with Gasteiger partial charge in [-0.15, -0.1) is 0 Å². The van der Waals surface area contributed by atoms with E-state index in [4.69, 9.17) is 11.6 Å². The smallest absolute Gasteiger partial charge is 0.229 e. The fourth-order valence-corrected chi connectivity index (χ4v) is 2.53. The van der Waals surface area contributed by atoms with Crippen LogP contribution in [-0.4, -0.2) is 28.0 Å². The van der Waals surface area contributed by atoms with Gasteiger partial charge in [0.05, 0.1) is 0 Å². The van der Waals surface area contributed by atoms with E-state index in [1.54, 1.807) is 7.05 Å². The van der Waals surface area contributed by atoms with Crippen LogP contribution in [-0.2, 0) is 12.8 Å². The molecule has 3 rings (SSSR count).